The highest BCUT2D eigenvalue weighted by molar-refractivity contribution is 9.10. The van der Waals surface area contributed by atoms with Crippen LogP contribution in [0.25, 0.3) is 0 Å². The van der Waals surface area contributed by atoms with Gasteiger partial charge in [0, 0.05) is 18.1 Å². The van der Waals surface area contributed by atoms with Gasteiger partial charge in [0.15, 0.2) is 0 Å². The fourth-order valence-electron chi connectivity index (χ4n) is 1.29. The maximum atomic E-state index is 12.2. The summed E-state index contributed by atoms with van der Waals surface area (Å²) in [5, 5.41) is 9.02. The molecule has 4 nitrogen and oxygen atoms in total. The molecule has 17 heavy (non-hydrogen) atoms. The van der Waals surface area contributed by atoms with E-state index in [0.29, 0.717) is 10.0 Å². The summed E-state index contributed by atoms with van der Waals surface area (Å²) in [7, 11) is -2.08. The van der Waals surface area contributed by atoms with Gasteiger partial charge in [-0.15, -0.1) is 6.58 Å². The molecule has 0 aliphatic carbocycles. The molecule has 1 aromatic carbocycles. The topological polar surface area (TPSA) is 57.6 Å². The van der Waals surface area contributed by atoms with Gasteiger partial charge >= 0.3 is 0 Å². The average Bonchev–Trinajstić information content (AvgIpc) is 2.29. The van der Waals surface area contributed by atoms with Crippen LogP contribution >= 0.6 is 15.9 Å². The maximum Gasteiger partial charge on any atom is 0.244 e. The first kappa shape index (κ1) is 14.4. The molecule has 0 aliphatic heterocycles. The molecule has 0 spiro atoms. The maximum absolute atomic E-state index is 12.2. The van der Waals surface area contributed by atoms with Crippen LogP contribution in [-0.2, 0) is 16.6 Å². The summed E-state index contributed by atoms with van der Waals surface area (Å²) in [6.45, 7) is 3.55. The van der Waals surface area contributed by atoms with Crippen LogP contribution in [0.5, 0.6) is 0 Å². The van der Waals surface area contributed by atoms with Crippen molar-refractivity contribution >= 4 is 26.0 Å². The van der Waals surface area contributed by atoms with Gasteiger partial charge in [-0.1, -0.05) is 12.1 Å². The molecule has 6 heteroatoms. The summed E-state index contributed by atoms with van der Waals surface area (Å²) in [5.74, 6) is 0. The van der Waals surface area contributed by atoms with Crippen molar-refractivity contribution < 1.29 is 13.5 Å². The van der Waals surface area contributed by atoms with Crippen molar-refractivity contribution in [2.75, 3.05) is 13.6 Å². The van der Waals surface area contributed by atoms with Crippen LogP contribution < -0.4 is 0 Å². The molecule has 0 atom stereocenters. The molecule has 1 rings (SSSR count). The zero-order valence-electron chi connectivity index (χ0n) is 9.43. The minimum absolute atomic E-state index is 0.147. The van der Waals surface area contributed by atoms with Crippen LogP contribution in [0.3, 0.4) is 0 Å². The third-order valence-electron chi connectivity index (χ3n) is 2.25. The van der Waals surface area contributed by atoms with Gasteiger partial charge < -0.3 is 5.11 Å². The Morgan fingerprint density at radius 3 is 2.71 bits per heavy atom. The number of hydrogen-bond donors (Lipinski definition) is 1. The molecule has 0 amide bonds. The molecule has 0 heterocycles. The number of likely N-dealkylation sites (N-methyl/N-ethyl adjacent to an activating group) is 1. The third-order valence-corrected chi connectivity index (χ3v) is 5.07. The standard InChI is InChI=1S/C11H14BrNO3S/c1-3-6-13(2)17(15,16)11-7-9(8-14)4-5-10(11)12/h3-5,7,14H,1,6,8H2,2H3. The van der Waals surface area contributed by atoms with Crippen LogP contribution in [0, 0.1) is 0 Å². The van der Waals surface area contributed by atoms with E-state index >= 15 is 0 Å². The minimum atomic E-state index is -3.56. The third kappa shape index (κ3) is 3.16. The van der Waals surface area contributed by atoms with Crippen molar-refractivity contribution in [2.24, 2.45) is 0 Å². The SMILES string of the molecule is C=CCN(C)S(=O)(=O)c1cc(CO)ccc1Br. The van der Waals surface area contributed by atoms with E-state index in [1.165, 1.54) is 23.5 Å². The second-order valence-electron chi connectivity index (χ2n) is 3.50. The number of nitrogens with zero attached hydrogens (tertiary/aromatic N) is 1. The van der Waals surface area contributed by atoms with E-state index in [9.17, 15) is 8.42 Å². The number of aliphatic hydroxyl groups is 1. The lowest BCUT2D eigenvalue weighted by Gasteiger charge is -2.16. The van der Waals surface area contributed by atoms with Crippen molar-refractivity contribution in [3.05, 3.63) is 40.9 Å². The van der Waals surface area contributed by atoms with Gasteiger partial charge in [-0.25, -0.2) is 8.42 Å². The molecule has 94 valence electrons. The molecule has 0 unspecified atom stereocenters. The smallest absolute Gasteiger partial charge is 0.244 e. The highest BCUT2D eigenvalue weighted by atomic mass is 79.9. The van der Waals surface area contributed by atoms with Crippen LogP contribution in [0.2, 0.25) is 0 Å². The Bertz CT molecular complexity index is 513. The summed E-state index contributed by atoms with van der Waals surface area (Å²) < 4.78 is 26.0. The van der Waals surface area contributed by atoms with E-state index in [0.717, 1.165) is 0 Å². The van der Waals surface area contributed by atoms with Gasteiger partial charge in [0.25, 0.3) is 0 Å². The molecule has 0 saturated heterocycles. The molecule has 0 aromatic heterocycles. The number of hydrogen-bond acceptors (Lipinski definition) is 3. The predicted octanol–water partition coefficient (Wildman–Crippen LogP) is 1.75. The van der Waals surface area contributed by atoms with Crippen molar-refractivity contribution in [1.82, 2.24) is 4.31 Å². The van der Waals surface area contributed by atoms with E-state index in [1.54, 1.807) is 12.1 Å². The van der Waals surface area contributed by atoms with E-state index in [2.05, 4.69) is 22.5 Å². The zero-order chi connectivity index (χ0) is 13.1. The first-order valence-corrected chi connectivity index (χ1v) is 7.13. The van der Waals surface area contributed by atoms with Gasteiger partial charge in [-0.2, -0.15) is 4.31 Å². The average molecular weight is 320 g/mol. The minimum Gasteiger partial charge on any atom is -0.392 e. The monoisotopic (exact) mass is 319 g/mol. The van der Waals surface area contributed by atoms with Gasteiger partial charge in [0.2, 0.25) is 10.0 Å². The quantitative estimate of drug-likeness (QED) is 0.841. The number of benzene rings is 1. The zero-order valence-corrected chi connectivity index (χ0v) is 11.8. The molecular weight excluding hydrogens is 306 g/mol. The number of aliphatic hydroxyl groups excluding tert-OH is 1. The normalized spacial score (nSPS) is 11.8. The van der Waals surface area contributed by atoms with E-state index < -0.39 is 10.0 Å². The Kier molecular flexibility index (Phi) is 4.88. The molecule has 0 bridgehead atoms. The Morgan fingerprint density at radius 1 is 1.53 bits per heavy atom. The molecular formula is C11H14BrNO3S. The van der Waals surface area contributed by atoms with Crippen LogP contribution in [0.1, 0.15) is 5.56 Å². The van der Waals surface area contributed by atoms with Crippen molar-refractivity contribution in [3.63, 3.8) is 0 Å². The molecule has 0 saturated carbocycles. The summed E-state index contributed by atoms with van der Waals surface area (Å²) in [6.07, 6.45) is 1.52. The van der Waals surface area contributed by atoms with E-state index in [-0.39, 0.29) is 18.0 Å². The Labute approximate surface area is 110 Å². The molecule has 1 aromatic rings. The predicted molar refractivity (Wildman–Crippen MR) is 70.1 cm³/mol. The second-order valence-corrected chi connectivity index (χ2v) is 6.36. The molecule has 0 aliphatic rings. The first-order valence-electron chi connectivity index (χ1n) is 4.90. The highest BCUT2D eigenvalue weighted by Gasteiger charge is 2.22. The lowest BCUT2D eigenvalue weighted by atomic mass is 10.2. The Balaban J connectivity index is 3.27. The fourth-order valence-corrected chi connectivity index (χ4v) is 3.40. The lowest BCUT2D eigenvalue weighted by molar-refractivity contribution is 0.281. The Morgan fingerprint density at radius 2 is 2.18 bits per heavy atom. The van der Waals surface area contributed by atoms with Gasteiger partial charge in [0.05, 0.1) is 11.5 Å². The summed E-state index contributed by atoms with van der Waals surface area (Å²) >= 11 is 3.20. The molecule has 1 N–H and O–H groups in total. The number of halogens is 1. The summed E-state index contributed by atoms with van der Waals surface area (Å²) in [6, 6.07) is 4.73. The fraction of sp³-hybridized carbons (Fsp3) is 0.273. The summed E-state index contributed by atoms with van der Waals surface area (Å²) in [4.78, 5) is 0.147. The molecule has 0 radical (unpaired) electrons. The first-order chi connectivity index (χ1) is 7.93. The largest absolute Gasteiger partial charge is 0.392 e. The molecule has 0 fully saturated rings. The van der Waals surface area contributed by atoms with Crippen molar-refractivity contribution in [3.8, 4) is 0 Å². The number of sulfonamides is 1. The van der Waals surface area contributed by atoms with E-state index in [1.807, 2.05) is 0 Å². The summed E-state index contributed by atoms with van der Waals surface area (Å²) in [5.41, 5.74) is 0.554. The van der Waals surface area contributed by atoms with Crippen LogP contribution in [-0.4, -0.2) is 31.4 Å². The Hall–Kier alpha value is -0.690. The highest BCUT2D eigenvalue weighted by Crippen LogP contribution is 2.25. The van der Waals surface area contributed by atoms with Crippen LogP contribution in [0.15, 0.2) is 40.2 Å². The van der Waals surface area contributed by atoms with Crippen molar-refractivity contribution in [2.45, 2.75) is 11.5 Å². The second kappa shape index (κ2) is 5.77. The number of rotatable bonds is 5. The van der Waals surface area contributed by atoms with Crippen molar-refractivity contribution in [1.29, 1.82) is 0 Å². The van der Waals surface area contributed by atoms with Gasteiger partial charge in [-0.05, 0) is 33.6 Å². The van der Waals surface area contributed by atoms with Gasteiger partial charge in [-0.3, -0.25) is 0 Å². The lowest BCUT2D eigenvalue weighted by Crippen LogP contribution is -2.27. The van der Waals surface area contributed by atoms with E-state index in [4.69, 9.17) is 5.11 Å². The van der Waals surface area contributed by atoms with Gasteiger partial charge in [0.1, 0.15) is 0 Å². The van der Waals surface area contributed by atoms with Crippen LogP contribution in [0.4, 0.5) is 0 Å².